The highest BCUT2D eigenvalue weighted by Gasteiger charge is 2.68. The van der Waals surface area contributed by atoms with Crippen LogP contribution < -0.4 is 0 Å². The summed E-state index contributed by atoms with van der Waals surface area (Å²) in [5.41, 5.74) is -1.41. The van der Waals surface area contributed by atoms with Crippen molar-refractivity contribution in [2.45, 2.75) is 77.9 Å². The van der Waals surface area contributed by atoms with Crippen LogP contribution in [0.2, 0.25) is 0 Å². The highest BCUT2D eigenvalue weighted by atomic mass is 16.5. The predicted molar refractivity (Wildman–Crippen MR) is 109 cm³/mol. The molecule has 0 amide bonds. The Bertz CT molecular complexity index is 817. The molecule has 4 aliphatic carbocycles. The van der Waals surface area contributed by atoms with Crippen molar-refractivity contribution in [3.05, 3.63) is 11.6 Å². The van der Waals surface area contributed by atoms with E-state index in [1.165, 1.54) is 12.5 Å². The van der Waals surface area contributed by atoms with E-state index in [-0.39, 0.29) is 34.9 Å². The summed E-state index contributed by atoms with van der Waals surface area (Å²) >= 11 is 0. The van der Waals surface area contributed by atoms with Crippen molar-refractivity contribution >= 4 is 17.5 Å². The number of fused-ring (bicyclic) bond motifs is 5. The molecular weight excluding hydrogens is 384 g/mol. The second-order valence-electron chi connectivity index (χ2n) is 10.7. The molecule has 0 saturated heterocycles. The number of aliphatic hydroxyl groups is 2. The monoisotopic (exact) mass is 418 g/mol. The highest BCUT2D eigenvalue weighted by molar-refractivity contribution is 5.92. The molecule has 8 atom stereocenters. The number of rotatable bonds is 3. The first-order chi connectivity index (χ1) is 13.9. The van der Waals surface area contributed by atoms with Gasteiger partial charge < -0.3 is 14.9 Å². The molecule has 0 aromatic heterocycles. The Morgan fingerprint density at radius 2 is 1.97 bits per heavy atom. The fourth-order valence-electron chi connectivity index (χ4n) is 7.87. The zero-order valence-corrected chi connectivity index (χ0v) is 18.4. The molecule has 166 valence electrons. The Labute approximate surface area is 178 Å². The van der Waals surface area contributed by atoms with Gasteiger partial charge in [-0.15, -0.1) is 0 Å². The van der Waals surface area contributed by atoms with Gasteiger partial charge in [-0.2, -0.15) is 0 Å². The summed E-state index contributed by atoms with van der Waals surface area (Å²) in [6.07, 6.45) is 4.66. The summed E-state index contributed by atoms with van der Waals surface area (Å²) in [7, 11) is 0. The SMILES string of the molecule is CC(=O)OCC(=O)[C@@]1(O)CCC2C3C[C@H](C)C4=CC(=O)CCC4(C)C3C(O)CC21C. The van der Waals surface area contributed by atoms with Gasteiger partial charge in [0, 0.05) is 18.8 Å². The molecule has 6 nitrogen and oxygen atoms in total. The molecular formula is C24H34O6. The summed E-state index contributed by atoms with van der Waals surface area (Å²) in [5.74, 6) is -0.287. The molecule has 0 radical (unpaired) electrons. The van der Waals surface area contributed by atoms with E-state index < -0.39 is 35.5 Å². The lowest BCUT2D eigenvalue weighted by Gasteiger charge is -2.61. The van der Waals surface area contributed by atoms with Crippen LogP contribution in [0, 0.1) is 34.5 Å². The Balaban J connectivity index is 1.69. The smallest absolute Gasteiger partial charge is 0.303 e. The lowest BCUT2D eigenvalue weighted by Crippen LogP contribution is -2.62. The Morgan fingerprint density at radius 1 is 1.27 bits per heavy atom. The largest absolute Gasteiger partial charge is 0.458 e. The van der Waals surface area contributed by atoms with E-state index in [1.54, 1.807) is 0 Å². The maximum absolute atomic E-state index is 12.9. The number of hydrogen-bond donors (Lipinski definition) is 2. The van der Waals surface area contributed by atoms with Gasteiger partial charge in [-0.3, -0.25) is 14.4 Å². The molecule has 0 aromatic rings. The number of esters is 1. The van der Waals surface area contributed by atoms with Crippen molar-refractivity contribution in [1.82, 2.24) is 0 Å². The minimum Gasteiger partial charge on any atom is -0.458 e. The number of ether oxygens (including phenoxy) is 1. The minimum absolute atomic E-state index is 0.0250. The lowest BCUT2D eigenvalue weighted by molar-refractivity contribution is -0.186. The van der Waals surface area contributed by atoms with Crippen molar-refractivity contribution in [2.75, 3.05) is 6.61 Å². The van der Waals surface area contributed by atoms with Gasteiger partial charge in [0.25, 0.3) is 0 Å². The maximum Gasteiger partial charge on any atom is 0.303 e. The molecule has 3 fully saturated rings. The van der Waals surface area contributed by atoms with E-state index in [9.17, 15) is 24.6 Å². The second-order valence-corrected chi connectivity index (χ2v) is 10.7. The predicted octanol–water partition coefficient (Wildman–Crippen LogP) is 2.60. The van der Waals surface area contributed by atoms with Gasteiger partial charge >= 0.3 is 5.97 Å². The molecule has 0 aliphatic heterocycles. The number of ketones is 2. The summed E-state index contributed by atoms with van der Waals surface area (Å²) < 4.78 is 4.90. The van der Waals surface area contributed by atoms with Gasteiger partial charge in [-0.25, -0.2) is 0 Å². The van der Waals surface area contributed by atoms with Crippen LogP contribution in [0.4, 0.5) is 0 Å². The third kappa shape index (κ3) is 2.86. The van der Waals surface area contributed by atoms with Crippen molar-refractivity contribution in [3.63, 3.8) is 0 Å². The van der Waals surface area contributed by atoms with Gasteiger partial charge in [0.15, 0.2) is 12.4 Å². The van der Waals surface area contributed by atoms with E-state index in [0.717, 1.165) is 12.8 Å². The molecule has 6 unspecified atom stereocenters. The summed E-state index contributed by atoms with van der Waals surface area (Å²) in [4.78, 5) is 36.2. The third-order valence-corrected chi connectivity index (χ3v) is 9.23. The Morgan fingerprint density at radius 3 is 2.63 bits per heavy atom. The van der Waals surface area contributed by atoms with Crippen LogP contribution >= 0.6 is 0 Å². The fraction of sp³-hybridized carbons (Fsp3) is 0.792. The molecule has 0 heterocycles. The van der Waals surface area contributed by atoms with E-state index in [0.29, 0.717) is 25.7 Å². The molecule has 3 saturated carbocycles. The first kappa shape index (κ1) is 21.7. The molecule has 6 heteroatoms. The molecule has 2 N–H and O–H groups in total. The number of carbonyl (C=O) groups is 3. The maximum atomic E-state index is 12.9. The zero-order valence-electron chi connectivity index (χ0n) is 18.4. The van der Waals surface area contributed by atoms with Gasteiger partial charge in [-0.05, 0) is 67.3 Å². The van der Waals surface area contributed by atoms with Crippen molar-refractivity contribution in [1.29, 1.82) is 0 Å². The van der Waals surface area contributed by atoms with Crippen LogP contribution in [-0.2, 0) is 19.1 Å². The average Bonchev–Trinajstić information content (AvgIpc) is 2.93. The second kappa shape index (κ2) is 6.99. The van der Waals surface area contributed by atoms with Crippen LogP contribution in [0.3, 0.4) is 0 Å². The number of aliphatic hydroxyl groups excluding tert-OH is 1. The average molecular weight is 419 g/mol. The number of allylic oxidation sites excluding steroid dienone is 1. The molecule has 0 spiro atoms. The fourth-order valence-corrected chi connectivity index (χ4v) is 7.87. The summed E-state index contributed by atoms with van der Waals surface area (Å²) in [6.45, 7) is 7.09. The van der Waals surface area contributed by atoms with E-state index >= 15 is 0 Å². The van der Waals surface area contributed by atoms with Crippen molar-refractivity contribution < 1.29 is 29.3 Å². The molecule has 4 rings (SSSR count). The standard InChI is InChI=1S/C24H34O6/c1-13-9-16-17-6-8-24(29,20(28)12-30-14(2)25)23(17,4)11-19(27)21(16)22(3)7-5-15(26)10-18(13)22/h10,13,16-17,19,21,27,29H,5-9,11-12H2,1-4H3/t13-,16?,17?,19?,21?,22?,23?,24-/m0/s1. The lowest BCUT2D eigenvalue weighted by atomic mass is 9.44. The van der Waals surface area contributed by atoms with Crippen molar-refractivity contribution in [2.24, 2.45) is 34.5 Å². The topological polar surface area (TPSA) is 101 Å². The first-order valence-corrected chi connectivity index (χ1v) is 11.3. The van der Waals surface area contributed by atoms with E-state index in [1.807, 2.05) is 13.0 Å². The minimum atomic E-state index is -1.60. The van der Waals surface area contributed by atoms with Gasteiger partial charge in [0.1, 0.15) is 5.60 Å². The van der Waals surface area contributed by atoms with Gasteiger partial charge in [0.05, 0.1) is 6.10 Å². The molecule has 4 aliphatic rings. The normalized spacial score (nSPS) is 47.6. The molecule has 30 heavy (non-hydrogen) atoms. The quantitative estimate of drug-likeness (QED) is 0.683. The number of Topliss-reactive ketones (excluding diaryl/α,β-unsaturated/α-hetero) is 1. The third-order valence-electron chi connectivity index (χ3n) is 9.23. The van der Waals surface area contributed by atoms with Gasteiger partial charge in [-0.1, -0.05) is 26.3 Å². The van der Waals surface area contributed by atoms with Gasteiger partial charge in [0.2, 0.25) is 5.78 Å². The number of hydrogen-bond acceptors (Lipinski definition) is 6. The van der Waals surface area contributed by atoms with Crippen LogP contribution in [0.15, 0.2) is 11.6 Å². The Kier molecular flexibility index (Phi) is 5.06. The van der Waals surface area contributed by atoms with Crippen LogP contribution in [0.5, 0.6) is 0 Å². The summed E-state index contributed by atoms with van der Waals surface area (Å²) in [6, 6.07) is 0. The summed E-state index contributed by atoms with van der Waals surface area (Å²) in [5, 5.41) is 22.9. The van der Waals surface area contributed by atoms with Crippen LogP contribution in [0.25, 0.3) is 0 Å². The Hall–Kier alpha value is -1.53. The molecule has 0 bridgehead atoms. The van der Waals surface area contributed by atoms with Crippen LogP contribution in [-0.4, -0.2) is 46.1 Å². The highest BCUT2D eigenvalue weighted by Crippen LogP contribution is 2.68. The molecule has 0 aromatic carbocycles. The van der Waals surface area contributed by atoms with E-state index in [4.69, 9.17) is 4.74 Å². The van der Waals surface area contributed by atoms with Crippen LogP contribution in [0.1, 0.15) is 66.2 Å². The number of carbonyl (C=O) groups excluding carboxylic acids is 3. The first-order valence-electron chi connectivity index (χ1n) is 11.3. The zero-order chi connectivity index (χ0) is 22.1. The van der Waals surface area contributed by atoms with Crippen molar-refractivity contribution in [3.8, 4) is 0 Å². The van der Waals surface area contributed by atoms with E-state index in [2.05, 4.69) is 13.8 Å².